The second kappa shape index (κ2) is 10.5. The monoisotopic (exact) mass is 483 g/mol. The SMILES string of the molecule is CCOC(=O)C1=C(O)/C(=C/c2cc(OC)c(OCC)cc2Br)SC1=NC(=O)CC. The molecule has 1 aliphatic rings. The summed E-state index contributed by atoms with van der Waals surface area (Å²) in [6, 6.07) is 3.50. The van der Waals surface area contributed by atoms with E-state index < -0.39 is 11.9 Å². The van der Waals surface area contributed by atoms with Gasteiger partial charge in [-0.05, 0) is 37.6 Å². The molecule has 0 saturated heterocycles. The summed E-state index contributed by atoms with van der Waals surface area (Å²) in [6.45, 7) is 5.81. The van der Waals surface area contributed by atoms with Gasteiger partial charge in [0.15, 0.2) is 11.5 Å². The third-order valence-corrected chi connectivity index (χ3v) is 5.47. The molecule has 156 valence electrons. The zero-order chi connectivity index (χ0) is 21.6. The van der Waals surface area contributed by atoms with Crippen molar-refractivity contribution >= 4 is 50.7 Å². The molecule has 2 rings (SSSR count). The van der Waals surface area contributed by atoms with Crippen LogP contribution >= 0.6 is 27.7 Å². The third kappa shape index (κ3) is 5.42. The van der Waals surface area contributed by atoms with Gasteiger partial charge >= 0.3 is 5.97 Å². The Morgan fingerprint density at radius 1 is 1.21 bits per heavy atom. The van der Waals surface area contributed by atoms with Crippen molar-refractivity contribution in [2.75, 3.05) is 20.3 Å². The number of aliphatic imine (C=N–C) groups is 1. The number of methoxy groups -OCH3 is 1. The first-order chi connectivity index (χ1) is 13.9. The Morgan fingerprint density at radius 3 is 2.52 bits per heavy atom. The number of hydrogen-bond acceptors (Lipinski definition) is 7. The lowest BCUT2D eigenvalue weighted by atomic mass is 10.1. The van der Waals surface area contributed by atoms with Crippen LogP contribution in [0.3, 0.4) is 0 Å². The highest BCUT2D eigenvalue weighted by molar-refractivity contribution is 9.10. The molecule has 0 fully saturated rings. The first-order valence-corrected chi connectivity index (χ1v) is 10.6. The second-order valence-electron chi connectivity index (χ2n) is 5.68. The van der Waals surface area contributed by atoms with Crippen molar-refractivity contribution in [3.63, 3.8) is 0 Å². The van der Waals surface area contributed by atoms with E-state index in [4.69, 9.17) is 14.2 Å². The molecule has 1 heterocycles. The quantitative estimate of drug-likeness (QED) is 0.563. The van der Waals surface area contributed by atoms with Crippen LogP contribution in [0, 0.1) is 0 Å². The molecule has 1 aliphatic heterocycles. The van der Waals surface area contributed by atoms with E-state index in [1.807, 2.05) is 6.92 Å². The maximum atomic E-state index is 12.3. The number of benzene rings is 1. The number of carbonyl (C=O) groups excluding carboxylic acids is 2. The van der Waals surface area contributed by atoms with Crippen molar-refractivity contribution in [1.29, 1.82) is 0 Å². The van der Waals surface area contributed by atoms with E-state index in [1.54, 1.807) is 32.1 Å². The minimum Gasteiger partial charge on any atom is -0.506 e. The lowest BCUT2D eigenvalue weighted by molar-refractivity contribution is -0.138. The summed E-state index contributed by atoms with van der Waals surface area (Å²) in [5.74, 6) is -0.310. The fraction of sp³-hybridized carbons (Fsp3) is 0.350. The number of esters is 1. The number of thioether (sulfide) groups is 1. The number of nitrogens with zero attached hydrogens (tertiary/aromatic N) is 1. The molecule has 7 nitrogen and oxygen atoms in total. The van der Waals surface area contributed by atoms with Crippen LogP contribution in [0.1, 0.15) is 32.8 Å². The predicted octanol–water partition coefficient (Wildman–Crippen LogP) is 4.65. The number of aliphatic hydroxyl groups excluding tert-OH is 1. The van der Waals surface area contributed by atoms with Gasteiger partial charge in [0, 0.05) is 10.9 Å². The Labute approximate surface area is 181 Å². The fourth-order valence-corrected chi connectivity index (χ4v) is 3.87. The Hall–Kier alpha value is -2.26. The molecule has 1 amide bonds. The van der Waals surface area contributed by atoms with Crippen molar-refractivity contribution in [3.8, 4) is 11.5 Å². The highest BCUT2D eigenvalue weighted by Gasteiger charge is 2.33. The van der Waals surface area contributed by atoms with E-state index in [0.717, 1.165) is 11.8 Å². The fourth-order valence-electron chi connectivity index (χ4n) is 2.41. The van der Waals surface area contributed by atoms with Gasteiger partial charge in [-0.25, -0.2) is 9.79 Å². The Morgan fingerprint density at radius 2 is 1.93 bits per heavy atom. The third-order valence-electron chi connectivity index (χ3n) is 3.77. The van der Waals surface area contributed by atoms with Crippen LogP contribution < -0.4 is 9.47 Å². The molecule has 0 aromatic heterocycles. The first-order valence-electron chi connectivity index (χ1n) is 8.98. The average Bonchev–Trinajstić information content (AvgIpc) is 2.99. The number of amides is 1. The van der Waals surface area contributed by atoms with Crippen LogP contribution in [0.4, 0.5) is 0 Å². The molecule has 0 unspecified atom stereocenters. The molecule has 0 radical (unpaired) electrons. The Balaban J connectivity index is 2.54. The summed E-state index contributed by atoms with van der Waals surface area (Å²) in [4.78, 5) is 28.4. The van der Waals surface area contributed by atoms with Crippen molar-refractivity contribution in [2.24, 2.45) is 4.99 Å². The lowest BCUT2D eigenvalue weighted by Gasteiger charge is -2.11. The summed E-state index contributed by atoms with van der Waals surface area (Å²) >= 11 is 4.51. The molecule has 0 aliphatic carbocycles. The number of carbonyl (C=O) groups is 2. The van der Waals surface area contributed by atoms with Crippen LogP contribution in [0.25, 0.3) is 6.08 Å². The maximum Gasteiger partial charge on any atom is 0.344 e. The molecule has 0 saturated carbocycles. The van der Waals surface area contributed by atoms with E-state index in [2.05, 4.69) is 20.9 Å². The van der Waals surface area contributed by atoms with Gasteiger partial charge in [-0.1, -0.05) is 34.6 Å². The Kier molecular flexibility index (Phi) is 8.33. The number of aliphatic hydroxyl groups is 1. The number of rotatable bonds is 7. The van der Waals surface area contributed by atoms with Gasteiger partial charge in [-0.15, -0.1) is 0 Å². The van der Waals surface area contributed by atoms with Crippen LogP contribution in [0.5, 0.6) is 11.5 Å². The van der Waals surface area contributed by atoms with Gasteiger partial charge in [0.05, 0.1) is 25.2 Å². The first kappa shape index (κ1) is 23.0. The molecule has 9 heteroatoms. The number of halogens is 1. The Bertz CT molecular complexity index is 906. The smallest absolute Gasteiger partial charge is 0.344 e. The summed E-state index contributed by atoms with van der Waals surface area (Å²) in [7, 11) is 1.53. The van der Waals surface area contributed by atoms with Crippen LogP contribution in [0.2, 0.25) is 0 Å². The van der Waals surface area contributed by atoms with E-state index in [0.29, 0.717) is 33.0 Å². The highest BCUT2D eigenvalue weighted by atomic mass is 79.9. The minimum absolute atomic E-state index is 0.112. The van der Waals surface area contributed by atoms with E-state index in [9.17, 15) is 14.7 Å². The molecule has 1 aromatic rings. The largest absolute Gasteiger partial charge is 0.506 e. The topological polar surface area (TPSA) is 94.4 Å². The molecule has 1 N–H and O–H groups in total. The highest BCUT2D eigenvalue weighted by Crippen LogP contribution is 2.41. The van der Waals surface area contributed by atoms with Crippen LogP contribution in [0.15, 0.2) is 37.8 Å². The van der Waals surface area contributed by atoms with Gasteiger partial charge in [-0.2, -0.15) is 0 Å². The maximum absolute atomic E-state index is 12.3. The standard InChI is InChI=1S/C20H22BrNO6S/c1-5-16(23)22-19-17(20(25)28-7-3)18(24)15(29-19)9-11-8-13(26-4)14(27-6-2)10-12(11)21/h8-10,24H,5-7H2,1-4H3/b15-9-,22-19?. The molecule has 1 aromatic carbocycles. The predicted molar refractivity (Wildman–Crippen MR) is 116 cm³/mol. The summed E-state index contributed by atoms with van der Waals surface area (Å²) in [5, 5.41) is 10.8. The van der Waals surface area contributed by atoms with E-state index in [-0.39, 0.29) is 29.4 Å². The molecule has 0 bridgehead atoms. The normalized spacial score (nSPS) is 16.4. The van der Waals surface area contributed by atoms with Gasteiger partial charge in [0.1, 0.15) is 16.4 Å². The lowest BCUT2D eigenvalue weighted by Crippen LogP contribution is -2.14. The van der Waals surface area contributed by atoms with Gasteiger partial charge in [-0.3, -0.25) is 4.79 Å². The van der Waals surface area contributed by atoms with Crippen LogP contribution in [-0.2, 0) is 14.3 Å². The molecule has 0 spiro atoms. The molecular formula is C20H22BrNO6S. The molecule has 0 atom stereocenters. The average molecular weight is 484 g/mol. The minimum atomic E-state index is -0.730. The summed E-state index contributed by atoms with van der Waals surface area (Å²) < 4.78 is 16.6. The second-order valence-corrected chi connectivity index (χ2v) is 7.56. The van der Waals surface area contributed by atoms with Crippen molar-refractivity contribution in [2.45, 2.75) is 27.2 Å². The number of hydrogen-bond donors (Lipinski definition) is 1. The van der Waals surface area contributed by atoms with Gasteiger partial charge < -0.3 is 19.3 Å². The molecular weight excluding hydrogens is 462 g/mol. The van der Waals surface area contributed by atoms with Crippen LogP contribution in [-0.4, -0.2) is 42.4 Å². The number of ether oxygens (including phenoxy) is 3. The molecule has 29 heavy (non-hydrogen) atoms. The zero-order valence-electron chi connectivity index (χ0n) is 16.6. The van der Waals surface area contributed by atoms with Crippen molar-refractivity contribution < 1.29 is 28.9 Å². The summed E-state index contributed by atoms with van der Waals surface area (Å²) in [6.07, 6.45) is 1.85. The van der Waals surface area contributed by atoms with Crippen molar-refractivity contribution in [3.05, 3.63) is 38.4 Å². The van der Waals surface area contributed by atoms with Crippen molar-refractivity contribution in [1.82, 2.24) is 0 Å². The summed E-state index contributed by atoms with van der Waals surface area (Å²) in [5.41, 5.74) is 0.574. The van der Waals surface area contributed by atoms with Gasteiger partial charge in [0.2, 0.25) is 5.91 Å². The zero-order valence-corrected chi connectivity index (χ0v) is 19.0. The van der Waals surface area contributed by atoms with E-state index in [1.165, 1.54) is 7.11 Å². The van der Waals surface area contributed by atoms with Gasteiger partial charge in [0.25, 0.3) is 0 Å². The van der Waals surface area contributed by atoms with E-state index >= 15 is 0 Å².